The highest BCUT2D eigenvalue weighted by Gasteiger charge is 2.19. The number of phenols is 1. The van der Waals surface area contributed by atoms with E-state index >= 15 is 0 Å². The van der Waals surface area contributed by atoms with Crippen LogP contribution in [0.3, 0.4) is 0 Å². The molecule has 0 amide bonds. The lowest BCUT2D eigenvalue weighted by Gasteiger charge is -2.10. The van der Waals surface area contributed by atoms with Gasteiger partial charge in [-0.3, -0.25) is 0 Å². The Bertz CT molecular complexity index is 370. The number of benzene rings is 1. The average Bonchev–Trinajstić information content (AvgIpc) is 2.66. The van der Waals surface area contributed by atoms with Gasteiger partial charge in [0.25, 0.3) is 0 Å². The van der Waals surface area contributed by atoms with E-state index in [1.165, 1.54) is 0 Å². The lowest BCUT2D eigenvalue weighted by atomic mass is 10.1. The van der Waals surface area contributed by atoms with Crippen molar-refractivity contribution in [1.82, 2.24) is 5.32 Å². The van der Waals surface area contributed by atoms with Crippen molar-refractivity contribution in [1.29, 1.82) is 0 Å². The number of hydrogen-bond acceptors (Lipinski definition) is 4. The van der Waals surface area contributed by atoms with Crippen LogP contribution in [0, 0.1) is 0 Å². The Morgan fingerprint density at radius 1 is 1.44 bits per heavy atom. The average molecular weight is 246 g/mol. The first-order valence-electron chi connectivity index (χ1n) is 4.99. The van der Waals surface area contributed by atoms with Gasteiger partial charge >= 0.3 is 0 Å². The van der Waals surface area contributed by atoms with Crippen LogP contribution in [-0.4, -0.2) is 25.0 Å². The standard InChI is InChI=1S/C11H15NO3.ClH/c1-7(12-2)3-8-4-9(13)11-10(5-8)14-6-15-11;/h4-5,7,12-13H,3,6H2,1-2H3;1H. The minimum Gasteiger partial charge on any atom is -0.504 e. The number of ether oxygens (including phenoxy) is 2. The van der Waals surface area contributed by atoms with Gasteiger partial charge in [0.1, 0.15) is 0 Å². The molecule has 0 bridgehead atoms. The van der Waals surface area contributed by atoms with E-state index in [4.69, 9.17) is 9.47 Å². The Hall–Kier alpha value is -1.13. The molecule has 2 N–H and O–H groups in total. The van der Waals surface area contributed by atoms with E-state index in [-0.39, 0.29) is 24.9 Å². The Labute approximate surface area is 101 Å². The molecule has 1 unspecified atom stereocenters. The third kappa shape index (κ3) is 2.51. The van der Waals surface area contributed by atoms with Gasteiger partial charge in [-0.25, -0.2) is 0 Å². The molecule has 1 atom stereocenters. The summed E-state index contributed by atoms with van der Waals surface area (Å²) < 4.78 is 10.4. The zero-order valence-electron chi connectivity index (χ0n) is 9.32. The molecule has 1 aliphatic rings. The molecule has 0 fully saturated rings. The monoisotopic (exact) mass is 245 g/mol. The zero-order valence-corrected chi connectivity index (χ0v) is 10.1. The van der Waals surface area contributed by atoms with E-state index in [2.05, 4.69) is 12.2 Å². The van der Waals surface area contributed by atoms with Gasteiger partial charge in [-0.2, -0.15) is 0 Å². The molecule has 0 aliphatic carbocycles. The van der Waals surface area contributed by atoms with Crippen molar-refractivity contribution in [2.75, 3.05) is 13.8 Å². The minimum absolute atomic E-state index is 0. The molecule has 5 heteroatoms. The summed E-state index contributed by atoms with van der Waals surface area (Å²) in [4.78, 5) is 0. The van der Waals surface area contributed by atoms with Crippen LogP contribution in [0.25, 0.3) is 0 Å². The molecular formula is C11H16ClNO3. The van der Waals surface area contributed by atoms with Gasteiger partial charge in [-0.15, -0.1) is 12.4 Å². The number of nitrogens with one attached hydrogen (secondary N) is 1. The molecule has 0 saturated heterocycles. The highest BCUT2D eigenvalue weighted by Crippen LogP contribution is 2.41. The SMILES string of the molecule is CNC(C)Cc1cc(O)c2c(c1)OCO2.Cl. The third-order valence-electron chi connectivity index (χ3n) is 2.55. The van der Waals surface area contributed by atoms with Gasteiger partial charge in [-0.1, -0.05) is 0 Å². The third-order valence-corrected chi connectivity index (χ3v) is 2.55. The van der Waals surface area contributed by atoms with Crippen molar-refractivity contribution < 1.29 is 14.6 Å². The Kier molecular flexibility index (Phi) is 4.26. The molecule has 1 aromatic rings. The van der Waals surface area contributed by atoms with Crippen LogP contribution in [0.15, 0.2) is 12.1 Å². The Morgan fingerprint density at radius 2 is 2.19 bits per heavy atom. The molecule has 1 aliphatic heterocycles. The molecule has 0 saturated carbocycles. The lowest BCUT2D eigenvalue weighted by Crippen LogP contribution is -2.23. The van der Waals surface area contributed by atoms with E-state index in [0.29, 0.717) is 17.5 Å². The second-order valence-corrected chi connectivity index (χ2v) is 3.74. The fourth-order valence-corrected chi connectivity index (χ4v) is 1.62. The molecular weight excluding hydrogens is 230 g/mol. The van der Waals surface area contributed by atoms with E-state index in [0.717, 1.165) is 12.0 Å². The summed E-state index contributed by atoms with van der Waals surface area (Å²) >= 11 is 0. The van der Waals surface area contributed by atoms with Gasteiger partial charge in [0, 0.05) is 6.04 Å². The van der Waals surface area contributed by atoms with Gasteiger partial charge in [0.15, 0.2) is 11.5 Å². The topological polar surface area (TPSA) is 50.7 Å². The quantitative estimate of drug-likeness (QED) is 0.851. The maximum absolute atomic E-state index is 9.67. The van der Waals surface area contributed by atoms with Crippen LogP contribution in [0.2, 0.25) is 0 Å². The van der Waals surface area contributed by atoms with Crippen LogP contribution in [-0.2, 0) is 6.42 Å². The highest BCUT2D eigenvalue weighted by molar-refractivity contribution is 5.85. The summed E-state index contributed by atoms with van der Waals surface area (Å²) in [5.41, 5.74) is 1.04. The molecule has 1 aromatic carbocycles. The zero-order chi connectivity index (χ0) is 10.8. The van der Waals surface area contributed by atoms with Crippen molar-refractivity contribution >= 4 is 12.4 Å². The molecule has 90 valence electrons. The molecule has 16 heavy (non-hydrogen) atoms. The van der Waals surface area contributed by atoms with Gasteiger partial charge in [-0.05, 0) is 38.1 Å². The fraction of sp³-hybridized carbons (Fsp3) is 0.455. The number of rotatable bonds is 3. The second-order valence-electron chi connectivity index (χ2n) is 3.74. The lowest BCUT2D eigenvalue weighted by molar-refractivity contribution is 0.171. The minimum atomic E-state index is 0. The van der Waals surface area contributed by atoms with Crippen molar-refractivity contribution in [2.24, 2.45) is 0 Å². The van der Waals surface area contributed by atoms with E-state index in [9.17, 15) is 5.11 Å². The van der Waals surface area contributed by atoms with Crippen LogP contribution < -0.4 is 14.8 Å². The highest BCUT2D eigenvalue weighted by atomic mass is 35.5. The Morgan fingerprint density at radius 3 is 2.88 bits per heavy atom. The van der Waals surface area contributed by atoms with Crippen molar-refractivity contribution in [2.45, 2.75) is 19.4 Å². The number of halogens is 1. The number of aromatic hydroxyl groups is 1. The summed E-state index contributed by atoms with van der Waals surface area (Å²) in [5.74, 6) is 1.24. The van der Waals surface area contributed by atoms with Crippen LogP contribution >= 0.6 is 12.4 Å². The van der Waals surface area contributed by atoms with Gasteiger partial charge < -0.3 is 19.9 Å². The normalized spacial score (nSPS) is 14.4. The van der Waals surface area contributed by atoms with Crippen molar-refractivity contribution in [3.05, 3.63) is 17.7 Å². The van der Waals surface area contributed by atoms with Gasteiger partial charge in [0.2, 0.25) is 12.5 Å². The predicted molar refractivity (Wildman–Crippen MR) is 63.7 cm³/mol. The first-order chi connectivity index (χ1) is 7.20. The number of fused-ring (bicyclic) bond motifs is 1. The fourth-order valence-electron chi connectivity index (χ4n) is 1.62. The van der Waals surface area contributed by atoms with Crippen molar-refractivity contribution in [3.8, 4) is 17.2 Å². The predicted octanol–water partition coefficient (Wildman–Crippen LogP) is 1.69. The van der Waals surface area contributed by atoms with Crippen LogP contribution in [0.5, 0.6) is 17.2 Å². The summed E-state index contributed by atoms with van der Waals surface area (Å²) in [6, 6.07) is 4.00. The van der Waals surface area contributed by atoms with E-state index in [1.807, 2.05) is 13.1 Å². The van der Waals surface area contributed by atoms with Crippen LogP contribution in [0.4, 0.5) is 0 Å². The molecule has 0 aromatic heterocycles. The van der Waals surface area contributed by atoms with E-state index < -0.39 is 0 Å². The largest absolute Gasteiger partial charge is 0.504 e. The molecule has 0 spiro atoms. The summed E-state index contributed by atoms with van der Waals surface area (Å²) in [6.45, 7) is 2.27. The maximum Gasteiger partial charge on any atom is 0.231 e. The Balaban J connectivity index is 0.00000128. The first kappa shape index (κ1) is 12.9. The molecule has 2 rings (SSSR count). The summed E-state index contributed by atoms with van der Waals surface area (Å²) in [6.07, 6.45) is 0.848. The number of hydrogen-bond donors (Lipinski definition) is 2. The summed E-state index contributed by atoms with van der Waals surface area (Å²) in [7, 11) is 1.91. The molecule has 0 radical (unpaired) electrons. The maximum atomic E-state index is 9.67. The number of likely N-dealkylation sites (N-methyl/N-ethyl adjacent to an activating group) is 1. The van der Waals surface area contributed by atoms with Crippen molar-refractivity contribution in [3.63, 3.8) is 0 Å². The van der Waals surface area contributed by atoms with E-state index in [1.54, 1.807) is 6.07 Å². The smallest absolute Gasteiger partial charge is 0.231 e. The first-order valence-corrected chi connectivity index (χ1v) is 4.99. The second kappa shape index (κ2) is 5.27. The van der Waals surface area contributed by atoms with Crippen LogP contribution in [0.1, 0.15) is 12.5 Å². The summed E-state index contributed by atoms with van der Waals surface area (Å²) in [5, 5.41) is 12.8. The number of phenolic OH excluding ortho intramolecular Hbond substituents is 1. The van der Waals surface area contributed by atoms with Gasteiger partial charge in [0.05, 0.1) is 0 Å². The molecule has 4 nitrogen and oxygen atoms in total. The molecule has 1 heterocycles.